The van der Waals surface area contributed by atoms with E-state index in [2.05, 4.69) is 9.71 Å². The predicted octanol–water partition coefficient (Wildman–Crippen LogP) is 2.68. The van der Waals surface area contributed by atoms with Crippen molar-refractivity contribution in [1.29, 1.82) is 0 Å². The largest absolute Gasteiger partial charge is 0.331 e. The summed E-state index contributed by atoms with van der Waals surface area (Å²) in [6.45, 7) is 4.01. The highest BCUT2D eigenvalue weighted by atomic mass is 35.5. The second kappa shape index (κ2) is 5.14. The Morgan fingerprint density at radius 2 is 2.10 bits per heavy atom. The molecule has 0 aliphatic rings. The maximum atomic E-state index is 11.4. The SMILES string of the molecule is CC(C)(Cn1c(=S)[nH]c2ccc(Cl)cc21)NS(C)(=O)=O. The Morgan fingerprint density at radius 3 is 2.70 bits per heavy atom. The molecule has 2 rings (SSSR count). The van der Waals surface area contributed by atoms with Gasteiger partial charge in [-0.3, -0.25) is 0 Å². The van der Waals surface area contributed by atoms with Crippen molar-refractivity contribution in [2.75, 3.05) is 6.26 Å². The Morgan fingerprint density at radius 1 is 1.45 bits per heavy atom. The van der Waals surface area contributed by atoms with E-state index in [0.717, 1.165) is 17.3 Å². The second-order valence-corrected chi connectivity index (χ2v) is 8.01. The molecule has 0 saturated heterocycles. The molecule has 5 nitrogen and oxygen atoms in total. The van der Waals surface area contributed by atoms with Gasteiger partial charge in [0.15, 0.2) is 4.77 Å². The molecular weight excluding hydrogens is 318 g/mol. The smallest absolute Gasteiger partial charge is 0.209 e. The van der Waals surface area contributed by atoms with Gasteiger partial charge < -0.3 is 9.55 Å². The van der Waals surface area contributed by atoms with E-state index in [1.165, 1.54) is 0 Å². The van der Waals surface area contributed by atoms with Crippen molar-refractivity contribution in [2.24, 2.45) is 0 Å². The molecule has 1 heterocycles. The number of H-pyrrole nitrogens is 1. The van der Waals surface area contributed by atoms with Crippen LogP contribution in [0.1, 0.15) is 13.8 Å². The average Bonchev–Trinajstić information content (AvgIpc) is 2.52. The van der Waals surface area contributed by atoms with Crippen LogP contribution in [0.25, 0.3) is 11.0 Å². The topological polar surface area (TPSA) is 66.9 Å². The summed E-state index contributed by atoms with van der Waals surface area (Å²) in [5, 5.41) is 0.606. The first kappa shape index (κ1) is 15.5. The van der Waals surface area contributed by atoms with Gasteiger partial charge in [-0.05, 0) is 44.3 Å². The summed E-state index contributed by atoms with van der Waals surface area (Å²) in [4.78, 5) is 3.08. The number of imidazole rings is 1. The Kier molecular flexibility index (Phi) is 3.98. The molecular formula is C12H16ClN3O2S2. The average molecular weight is 334 g/mol. The molecule has 1 aromatic carbocycles. The zero-order chi connectivity index (χ0) is 15.1. The quantitative estimate of drug-likeness (QED) is 0.845. The van der Waals surface area contributed by atoms with E-state index < -0.39 is 15.6 Å². The third-order valence-corrected chi connectivity index (χ3v) is 4.23. The Bertz CT molecular complexity index is 806. The standard InChI is InChI=1S/C12H16ClN3O2S2/c1-12(2,15-20(3,17)18)7-16-10-6-8(13)4-5-9(10)14-11(16)19/h4-6,15H,7H2,1-3H3,(H,14,19). The zero-order valence-electron chi connectivity index (χ0n) is 11.4. The van der Waals surface area contributed by atoms with Crippen molar-refractivity contribution in [1.82, 2.24) is 14.3 Å². The van der Waals surface area contributed by atoms with E-state index in [9.17, 15) is 8.42 Å². The predicted molar refractivity (Wildman–Crippen MR) is 84.2 cm³/mol. The number of hydrogen-bond acceptors (Lipinski definition) is 3. The first-order valence-corrected chi connectivity index (χ1v) is 8.62. The number of sulfonamides is 1. The fourth-order valence-electron chi connectivity index (χ4n) is 2.21. The van der Waals surface area contributed by atoms with Crippen LogP contribution in [0.3, 0.4) is 0 Å². The molecule has 2 aromatic rings. The number of rotatable bonds is 4. The lowest BCUT2D eigenvalue weighted by molar-refractivity contribution is 0.394. The zero-order valence-corrected chi connectivity index (χ0v) is 13.8. The molecule has 0 fully saturated rings. The fraction of sp³-hybridized carbons (Fsp3) is 0.417. The fourth-order valence-corrected chi connectivity index (χ4v) is 3.72. The van der Waals surface area contributed by atoms with E-state index in [1.807, 2.05) is 10.6 Å². The number of halogens is 1. The Hall–Kier alpha value is -0.890. The molecule has 0 atom stereocenters. The normalized spacial score (nSPS) is 13.0. The minimum Gasteiger partial charge on any atom is -0.331 e. The van der Waals surface area contributed by atoms with Gasteiger partial charge in [0.25, 0.3) is 0 Å². The number of aromatic nitrogens is 2. The van der Waals surface area contributed by atoms with E-state index in [0.29, 0.717) is 16.3 Å². The summed E-state index contributed by atoms with van der Waals surface area (Å²) in [7, 11) is -3.29. The number of benzene rings is 1. The Balaban J connectivity index is 2.46. The van der Waals surface area contributed by atoms with Crippen molar-refractivity contribution < 1.29 is 8.42 Å². The highest BCUT2D eigenvalue weighted by molar-refractivity contribution is 7.88. The van der Waals surface area contributed by atoms with Gasteiger partial charge in [-0.2, -0.15) is 0 Å². The molecule has 1 aromatic heterocycles. The van der Waals surface area contributed by atoms with Crippen molar-refractivity contribution in [2.45, 2.75) is 25.9 Å². The van der Waals surface area contributed by atoms with E-state index in [-0.39, 0.29) is 0 Å². The van der Waals surface area contributed by atoms with Crippen LogP contribution < -0.4 is 4.72 Å². The maximum Gasteiger partial charge on any atom is 0.209 e. The molecule has 0 spiro atoms. The molecule has 0 unspecified atom stereocenters. The highest BCUT2D eigenvalue weighted by Crippen LogP contribution is 2.21. The molecule has 8 heteroatoms. The second-order valence-electron chi connectivity index (χ2n) is 5.44. The summed E-state index contributed by atoms with van der Waals surface area (Å²) in [5.41, 5.74) is 1.06. The minimum atomic E-state index is -3.29. The molecule has 0 radical (unpaired) electrons. The van der Waals surface area contributed by atoms with Gasteiger partial charge in [0, 0.05) is 17.1 Å². The summed E-state index contributed by atoms with van der Waals surface area (Å²) in [5.74, 6) is 0. The summed E-state index contributed by atoms with van der Waals surface area (Å²) < 4.78 is 27.8. The number of fused-ring (bicyclic) bond motifs is 1. The third-order valence-electron chi connectivity index (χ3n) is 2.75. The molecule has 2 N–H and O–H groups in total. The van der Waals surface area contributed by atoms with Crippen LogP contribution in [0.15, 0.2) is 18.2 Å². The van der Waals surface area contributed by atoms with Gasteiger partial charge in [0.2, 0.25) is 10.0 Å². The molecule has 0 amide bonds. The van der Waals surface area contributed by atoms with Gasteiger partial charge in [0.1, 0.15) is 0 Å². The number of hydrogen-bond donors (Lipinski definition) is 2. The number of aromatic amines is 1. The van der Waals surface area contributed by atoms with Crippen LogP contribution >= 0.6 is 23.8 Å². The van der Waals surface area contributed by atoms with Crippen LogP contribution in [0.4, 0.5) is 0 Å². The third kappa shape index (κ3) is 3.60. The van der Waals surface area contributed by atoms with Gasteiger partial charge >= 0.3 is 0 Å². The van der Waals surface area contributed by atoms with Crippen LogP contribution in [0.2, 0.25) is 5.02 Å². The molecule has 20 heavy (non-hydrogen) atoms. The summed E-state index contributed by atoms with van der Waals surface area (Å²) >= 11 is 11.3. The first-order valence-electron chi connectivity index (χ1n) is 5.94. The molecule has 0 aliphatic heterocycles. The molecule has 0 bridgehead atoms. The van der Waals surface area contributed by atoms with E-state index >= 15 is 0 Å². The molecule has 0 aliphatic carbocycles. The van der Waals surface area contributed by atoms with Crippen LogP contribution in [0.5, 0.6) is 0 Å². The number of nitrogens with one attached hydrogen (secondary N) is 2. The van der Waals surface area contributed by atoms with Crippen molar-refractivity contribution in [3.63, 3.8) is 0 Å². The lowest BCUT2D eigenvalue weighted by Gasteiger charge is -2.25. The lowest BCUT2D eigenvalue weighted by Crippen LogP contribution is -2.46. The van der Waals surface area contributed by atoms with Gasteiger partial charge in [0.05, 0.1) is 17.3 Å². The summed E-state index contributed by atoms with van der Waals surface area (Å²) in [6, 6.07) is 5.43. The minimum absolute atomic E-state index is 0.402. The summed E-state index contributed by atoms with van der Waals surface area (Å²) in [6.07, 6.45) is 1.14. The van der Waals surface area contributed by atoms with Crippen molar-refractivity contribution in [3.05, 3.63) is 28.0 Å². The first-order chi connectivity index (χ1) is 9.07. The highest BCUT2D eigenvalue weighted by Gasteiger charge is 2.24. The number of nitrogens with zero attached hydrogens (tertiary/aromatic N) is 1. The lowest BCUT2D eigenvalue weighted by atomic mass is 10.1. The van der Waals surface area contributed by atoms with Crippen molar-refractivity contribution in [3.8, 4) is 0 Å². The van der Waals surface area contributed by atoms with Gasteiger partial charge in [-0.1, -0.05) is 11.6 Å². The van der Waals surface area contributed by atoms with Crippen molar-refractivity contribution >= 4 is 44.9 Å². The van der Waals surface area contributed by atoms with E-state index in [1.54, 1.807) is 26.0 Å². The van der Waals surface area contributed by atoms with Crippen LogP contribution in [0, 0.1) is 4.77 Å². The molecule has 110 valence electrons. The molecule has 0 saturated carbocycles. The van der Waals surface area contributed by atoms with Gasteiger partial charge in [-0.15, -0.1) is 0 Å². The maximum absolute atomic E-state index is 11.4. The monoisotopic (exact) mass is 333 g/mol. The van der Waals surface area contributed by atoms with E-state index in [4.69, 9.17) is 23.8 Å². The van der Waals surface area contributed by atoms with Crippen LogP contribution in [-0.4, -0.2) is 29.8 Å². The van der Waals surface area contributed by atoms with Crippen LogP contribution in [-0.2, 0) is 16.6 Å². The van der Waals surface area contributed by atoms with Gasteiger partial charge in [-0.25, -0.2) is 13.1 Å². The Labute approximate surface area is 128 Å².